The van der Waals surface area contributed by atoms with Gasteiger partial charge in [0.25, 0.3) is 0 Å². The van der Waals surface area contributed by atoms with Gasteiger partial charge in [0.1, 0.15) is 11.4 Å². The molecule has 0 aliphatic heterocycles. The molecule has 0 saturated carbocycles. The van der Waals surface area contributed by atoms with Crippen molar-refractivity contribution in [3.63, 3.8) is 0 Å². The van der Waals surface area contributed by atoms with E-state index in [2.05, 4.69) is 25.7 Å². The zero-order valence-electron chi connectivity index (χ0n) is 10.5. The Labute approximate surface area is 121 Å². The zero-order chi connectivity index (χ0) is 13.8. The summed E-state index contributed by atoms with van der Waals surface area (Å²) in [5.41, 5.74) is 3.46. The van der Waals surface area contributed by atoms with E-state index < -0.39 is 0 Å². The van der Waals surface area contributed by atoms with Crippen molar-refractivity contribution in [1.82, 2.24) is 20.4 Å². The SMILES string of the molecule is Clc1ncccc1NCc1n[nH]nc1-c1ccccc1. The van der Waals surface area contributed by atoms with Crippen LogP contribution in [0.1, 0.15) is 5.69 Å². The van der Waals surface area contributed by atoms with Gasteiger partial charge in [-0.3, -0.25) is 0 Å². The lowest BCUT2D eigenvalue weighted by Gasteiger charge is -2.06. The molecule has 0 radical (unpaired) electrons. The molecule has 20 heavy (non-hydrogen) atoms. The molecule has 2 aromatic heterocycles. The van der Waals surface area contributed by atoms with Crippen molar-refractivity contribution in [3.05, 3.63) is 59.5 Å². The monoisotopic (exact) mass is 285 g/mol. The number of hydrogen-bond donors (Lipinski definition) is 2. The van der Waals surface area contributed by atoms with E-state index in [0.717, 1.165) is 22.6 Å². The van der Waals surface area contributed by atoms with Gasteiger partial charge in [0.15, 0.2) is 5.15 Å². The summed E-state index contributed by atoms with van der Waals surface area (Å²) in [5.74, 6) is 0. The third-order valence-electron chi connectivity index (χ3n) is 2.87. The molecule has 2 N–H and O–H groups in total. The predicted octanol–water partition coefficient (Wildman–Crippen LogP) is 3.13. The van der Waals surface area contributed by atoms with Crippen LogP contribution >= 0.6 is 11.6 Å². The topological polar surface area (TPSA) is 66.5 Å². The van der Waals surface area contributed by atoms with Crippen molar-refractivity contribution in [2.24, 2.45) is 0 Å². The van der Waals surface area contributed by atoms with E-state index in [4.69, 9.17) is 11.6 Å². The van der Waals surface area contributed by atoms with Crippen LogP contribution < -0.4 is 5.32 Å². The number of halogens is 1. The summed E-state index contributed by atoms with van der Waals surface area (Å²) < 4.78 is 0. The lowest BCUT2D eigenvalue weighted by molar-refractivity contribution is 0.911. The molecule has 100 valence electrons. The van der Waals surface area contributed by atoms with Gasteiger partial charge in [-0.2, -0.15) is 15.4 Å². The molecule has 0 atom stereocenters. The van der Waals surface area contributed by atoms with Crippen molar-refractivity contribution < 1.29 is 0 Å². The van der Waals surface area contributed by atoms with Crippen LogP contribution in [0.2, 0.25) is 5.15 Å². The Hall–Kier alpha value is -2.40. The fraction of sp³-hybridized carbons (Fsp3) is 0.0714. The molecule has 0 saturated heterocycles. The van der Waals surface area contributed by atoms with Crippen molar-refractivity contribution >= 4 is 17.3 Å². The third-order valence-corrected chi connectivity index (χ3v) is 3.17. The fourth-order valence-electron chi connectivity index (χ4n) is 1.90. The van der Waals surface area contributed by atoms with Gasteiger partial charge in [-0.15, -0.1) is 0 Å². The number of nitrogens with zero attached hydrogens (tertiary/aromatic N) is 3. The first kappa shape index (κ1) is 12.6. The highest BCUT2D eigenvalue weighted by atomic mass is 35.5. The fourth-order valence-corrected chi connectivity index (χ4v) is 2.09. The Morgan fingerprint density at radius 1 is 1.05 bits per heavy atom. The Bertz CT molecular complexity index is 696. The second-order valence-corrected chi connectivity index (χ2v) is 4.54. The summed E-state index contributed by atoms with van der Waals surface area (Å²) in [6.45, 7) is 0.520. The van der Waals surface area contributed by atoms with Crippen molar-refractivity contribution in [2.75, 3.05) is 5.32 Å². The summed E-state index contributed by atoms with van der Waals surface area (Å²) in [6, 6.07) is 13.6. The maximum absolute atomic E-state index is 6.00. The van der Waals surface area contributed by atoms with E-state index in [1.807, 2.05) is 42.5 Å². The van der Waals surface area contributed by atoms with Crippen LogP contribution in [0, 0.1) is 0 Å². The normalized spacial score (nSPS) is 10.4. The average Bonchev–Trinajstić information content (AvgIpc) is 2.96. The highest BCUT2D eigenvalue weighted by Crippen LogP contribution is 2.22. The zero-order valence-corrected chi connectivity index (χ0v) is 11.3. The molecular formula is C14H12ClN5. The molecule has 0 fully saturated rings. The van der Waals surface area contributed by atoms with Gasteiger partial charge < -0.3 is 5.32 Å². The molecular weight excluding hydrogens is 274 g/mol. The lowest BCUT2D eigenvalue weighted by atomic mass is 10.1. The van der Waals surface area contributed by atoms with E-state index in [1.54, 1.807) is 6.20 Å². The van der Waals surface area contributed by atoms with Gasteiger partial charge in [0, 0.05) is 11.8 Å². The number of rotatable bonds is 4. The summed E-state index contributed by atoms with van der Waals surface area (Å²) in [4.78, 5) is 4.02. The molecule has 2 heterocycles. The minimum Gasteiger partial charge on any atom is -0.377 e. The van der Waals surface area contributed by atoms with Crippen LogP contribution in [0.15, 0.2) is 48.7 Å². The number of nitrogens with one attached hydrogen (secondary N) is 2. The van der Waals surface area contributed by atoms with Crippen LogP contribution in [-0.2, 0) is 6.54 Å². The van der Waals surface area contributed by atoms with E-state index in [9.17, 15) is 0 Å². The van der Waals surface area contributed by atoms with Gasteiger partial charge in [-0.05, 0) is 12.1 Å². The number of pyridine rings is 1. The largest absolute Gasteiger partial charge is 0.377 e. The van der Waals surface area contributed by atoms with Gasteiger partial charge >= 0.3 is 0 Å². The highest BCUT2D eigenvalue weighted by molar-refractivity contribution is 6.31. The number of aromatic amines is 1. The molecule has 1 aromatic carbocycles. The van der Waals surface area contributed by atoms with Crippen LogP contribution in [-0.4, -0.2) is 20.4 Å². The third kappa shape index (κ3) is 2.62. The summed E-state index contributed by atoms with van der Waals surface area (Å²) >= 11 is 6.00. The smallest absolute Gasteiger partial charge is 0.152 e. The number of anilines is 1. The standard InChI is InChI=1S/C14H12ClN5/c15-14-11(7-4-8-16-14)17-9-12-13(19-20-18-12)10-5-2-1-3-6-10/h1-8,17H,9H2,(H,18,19,20). The van der Waals surface area contributed by atoms with Gasteiger partial charge in [0.05, 0.1) is 12.2 Å². The predicted molar refractivity (Wildman–Crippen MR) is 78.4 cm³/mol. The van der Waals surface area contributed by atoms with E-state index in [-0.39, 0.29) is 0 Å². The molecule has 0 unspecified atom stereocenters. The van der Waals surface area contributed by atoms with E-state index >= 15 is 0 Å². The van der Waals surface area contributed by atoms with Crippen molar-refractivity contribution in [1.29, 1.82) is 0 Å². The van der Waals surface area contributed by atoms with Crippen LogP contribution in [0.3, 0.4) is 0 Å². The summed E-state index contributed by atoms with van der Waals surface area (Å²) in [7, 11) is 0. The van der Waals surface area contributed by atoms with Gasteiger partial charge in [-0.1, -0.05) is 41.9 Å². The van der Waals surface area contributed by atoms with Gasteiger partial charge in [0.2, 0.25) is 0 Å². The highest BCUT2D eigenvalue weighted by Gasteiger charge is 2.10. The first-order valence-corrected chi connectivity index (χ1v) is 6.52. The van der Waals surface area contributed by atoms with Gasteiger partial charge in [-0.25, -0.2) is 4.98 Å². The Morgan fingerprint density at radius 2 is 1.90 bits per heavy atom. The van der Waals surface area contributed by atoms with Crippen LogP contribution in [0.25, 0.3) is 11.3 Å². The Balaban J connectivity index is 1.80. The molecule has 0 spiro atoms. The number of benzene rings is 1. The van der Waals surface area contributed by atoms with Crippen LogP contribution in [0.4, 0.5) is 5.69 Å². The minimum atomic E-state index is 0.442. The minimum absolute atomic E-state index is 0.442. The second kappa shape index (κ2) is 5.71. The quantitative estimate of drug-likeness (QED) is 0.723. The first-order valence-electron chi connectivity index (χ1n) is 6.14. The van der Waals surface area contributed by atoms with Crippen molar-refractivity contribution in [3.8, 4) is 11.3 Å². The van der Waals surface area contributed by atoms with E-state index in [0.29, 0.717) is 11.7 Å². The summed E-state index contributed by atoms with van der Waals surface area (Å²) in [5, 5.41) is 14.7. The average molecular weight is 286 g/mol. The molecule has 6 heteroatoms. The molecule has 3 aromatic rings. The lowest BCUT2D eigenvalue weighted by Crippen LogP contribution is -2.02. The molecule has 0 aliphatic carbocycles. The number of aromatic nitrogens is 4. The molecule has 0 bridgehead atoms. The maximum Gasteiger partial charge on any atom is 0.152 e. The second-order valence-electron chi connectivity index (χ2n) is 4.18. The van der Waals surface area contributed by atoms with E-state index in [1.165, 1.54) is 0 Å². The Morgan fingerprint density at radius 3 is 2.70 bits per heavy atom. The Kier molecular flexibility index (Phi) is 3.60. The molecule has 5 nitrogen and oxygen atoms in total. The summed E-state index contributed by atoms with van der Waals surface area (Å²) in [6.07, 6.45) is 1.65. The van der Waals surface area contributed by atoms with Crippen molar-refractivity contribution in [2.45, 2.75) is 6.54 Å². The molecule has 0 aliphatic rings. The maximum atomic E-state index is 6.00. The number of H-pyrrole nitrogens is 1. The van der Waals surface area contributed by atoms with Crippen LogP contribution in [0.5, 0.6) is 0 Å². The number of hydrogen-bond acceptors (Lipinski definition) is 4. The first-order chi connectivity index (χ1) is 9.84. The molecule has 3 rings (SSSR count). The molecule has 0 amide bonds.